The fourth-order valence-corrected chi connectivity index (χ4v) is 23.6. The summed E-state index contributed by atoms with van der Waals surface area (Å²) < 4.78 is 25.9. The zero-order valence-corrected chi connectivity index (χ0v) is 81.9. The van der Waals surface area contributed by atoms with Gasteiger partial charge in [0.05, 0.1) is 72.0 Å². The molecule has 22 aromatic carbocycles. The molecule has 12 nitrogen and oxygen atoms in total. The molecule has 0 radical (unpaired) electrons. The number of para-hydroxylation sites is 13. The minimum Gasteiger partial charge on any atom is -0.455 e. The molecular formula is C134H80Cl3N9O3. The average Bonchev–Trinajstić information content (AvgIpc) is 1.57. The highest BCUT2D eigenvalue weighted by Gasteiger charge is 2.28. The summed E-state index contributed by atoms with van der Waals surface area (Å²) in [5, 5.41) is 25.2. The van der Waals surface area contributed by atoms with Crippen molar-refractivity contribution in [3.63, 3.8) is 0 Å². The van der Waals surface area contributed by atoms with Gasteiger partial charge in [0.1, 0.15) is 50.3 Å². The summed E-state index contributed by atoms with van der Waals surface area (Å²) in [6, 6.07) is 160. The highest BCUT2D eigenvalue weighted by Crippen LogP contribution is 2.48. The number of benzene rings is 22. The monoisotopic (exact) mass is 1970 g/mol. The lowest BCUT2D eigenvalue weighted by atomic mass is 10.0. The van der Waals surface area contributed by atoms with Crippen molar-refractivity contribution in [1.29, 1.82) is 0 Å². The van der Waals surface area contributed by atoms with Crippen LogP contribution in [0.3, 0.4) is 0 Å². The molecule has 15 heteroatoms. The Labute approximate surface area is 866 Å². The highest BCUT2D eigenvalue weighted by molar-refractivity contribution is 6.37. The van der Waals surface area contributed by atoms with Crippen LogP contribution in [-0.4, -0.2) is 43.6 Å². The third kappa shape index (κ3) is 14.5. The van der Waals surface area contributed by atoms with Crippen molar-refractivity contribution in [3.8, 4) is 73.7 Å². The summed E-state index contributed by atoms with van der Waals surface area (Å²) in [5.74, 6) is 3.49. The van der Waals surface area contributed by atoms with E-state index in [1.165, 1.54) is 87.9 Å². The van der Waals surface area contributed by atoms with Crippen LogP contribution in [-0.2, 0) is 12.8 Å². The molecule has 0 saturated carbocycles. The van der Waals surface area contributed by atoms with Crippen molar-refractivity contribution in [2.45, 2.75) is 12.8 Å². The quantitative estimate of drug-likeness (QED) is 0.149. The lowest BCUT2D eigenvalue weighted by molar-refractivity contribution is 0.669. The van der Waals surface area contributed by atoms with Crippen molar-refractivity contribution < 1.29 is 13.3 Å². The fraction of sp³-hybridized carbons (Fsp3) is 0.0149. The summed E-state index contributed by atoms with van der Waals surface area (Å²) in [4.78, 5) is 30.1. The third-order valence-corrected chi connectivity index (χ3v) is 30.6. The standard InChI is InChI=1S/C48H28N4O.C36H20ClN3O.C20H11ClN2O.C17H11Cl.C13H10/c1-6-21-39-35(18-1)48(50-47(49-39)36-20-12-19-34-33-17-5-10-26-45(33)53-46(34)36)52-42-24-9-4-16-32(42)38-28-37-29(27-44(38)52)13-11-25-43(37)51-40-22-7-2-14-30(40)31-15-3-8-23-41(31)51;37-29-15-7-9-21-19-32-28(20-27(21)29)22-10-2-5-17-31(22)40(32)36-25-12-1-4-16-30(25)38-35(39-36)26-14-8-13-24-23-11-3-6-18-33(23)41-34(24)26;21-19-14-7-1-3-10-16(14)22-20(23-19)15-9-5-8-13-12-6-2-4-11-17(12)24-18(13)15;18-17-7-3-5-12-9-13-8-11-4-1-2-6-14(11)15(13)10-16(12)17;1-3-7-12-10(5-1)9-11-6-2-4-8-13(11)12/h1-28H;1-20H;1-11H;1-7,9-10H,8H2;1-8H,9H2. The van der Waals surface area contributed by atoms with Crippen LogP contribution in [0.25, 0.3) is 270 Å². The fourth-order valence-electron chi connectivity index (χ4n) is 22.8. The van der Waals surface area contributed by atoms with E-state index >= 15 is 0 Å². The molecule has 0 bridgehead atoms. The van der Waals surface area contributed by atoms with E-state index in [-0.39, 0.29) is 0 Å². The van der Waals surface area contributed by atoms with Gasteiger partial charge in [0.15, 0.2) is 17.5 Å². The van der Waals surface area contributed by atoms with Gasteiger partial charge in [0, 0.05) is 107 Å². The van der Waals surface area contributed by atoms with E-state index in [0.717, 1.165) is 210 Å². The van der Waals surface area contributed by atoms with Crippen LogP contribution >= 0.6 is 34.8 Å². The van der Waals surface area contributed by atoms with Gasteiger partial charge in [-0.3, -0.25) is 9.13 Å². The smallest absolute Gasteiger partial charge is 0.165 e. The van der Waals surface area contributed by atoms with Crippen molar-refractivity contribution in [2.75, 3.05) is 0 Å². The van der Waals surface area contributed by atoms with E-state index in [9.17, 15) is 0 Å². The van der Waals surface area contributed by atoms with Gasteiger partial charge in [-0.15, -0.1) is 0 Å². The highest BCUT2D eigenvalue weighted by atomic mass is 35.5. The molecule has 0 spiro atoms. The molecule has 0 atom stereocenters. The number of hydrogen-bond donors (Lipinski definition) is 0. The number of furan rings is 3. The van der Waals surface area contributed by atoms with Gasteiger partial charge in [0.25, 0.3) is 0 Å². The first-order chi connectivity index (χ1) is 73.6. The number of halogens is 3. The van der Waals surface area contributed by atoms with Gasteiger partial charge in [-0.25, -0.2) is 29.9 Å². The molecule has 31 aromatic rings. The van der Waals surface area contributed by atoms with Crippen LogP contribution in [0.5, 0.6) is 0 Å². The molecule has 9 heterocycles. The van der Waals surface area contributed by atoms with Crippen molar-refractivity contribution in [2.24, 2.45) is 0 Å². The SMILES string of the molecule is Clc1cccc2cc3c(cc12)-c1ccccc1C3.Clc1cccc2cc3c(cc12)c1ccccc1n3-c1nc(-c2cccc3c2oc2ccccc23)nc2ccccc12.Clc1nc(-c2cccc3c2oc2ccccc23)nc2ccccc12.c1cc(-n2c3ccccc3c3ccccc32)c2cc3c4ccccc4n(-c4nc(-c5cccc6c5oc5ccccc56)nc5ccccc45)c3cc2c1.c1ccc2c(c1)Cc1ccccc1-2. The molecule has 0 N–H and O–H groups in total. The van der Waals surface area contributed by atoms with Crippen LogP contribution < -0.4 is 0 Å². The topological polar surface area (TPSA) is 132 Å². The number of fused-ring (bicyclic) bond motifs is 30. The molecule has 2 aliphatic rings. The lowest BCUT2D eigenvalue weighted by Gasteiger charge is -2.14. The molecule has 0 saturated heterocycles. The first kappa shape index (κ1) is 86.9. The normalized spacial score (nSPS) is 12.1. The van der Waals surface area contributed by atoms with Crippen LogP contribution in [0.1, 0.15) is 22.3 Å². The lowest BCUT2D eigenvalue weighted by Crippen LogP contribution is -2.03. The Kier molecular flexibility index (Phi) is 20.6. The second kappa shape index (κ2) is 35.4. The minimum absolute atomic E-state index is 0.448. The zero-order valence-electron chi connectivity index (χ0n) is 79.7. The van der Waals surface area contributed by atoms with Crippen molar-refractivity contribution >= 4 is 231 Å². The minimum atomic E-state index is 0.448. The Bertz CT molecular complexity index is 10900. The first-order valence-corrected chi connectivity index (χ1v) is 51.0. The maximum absolute atomic E-state index is 6.64. The summed E-state index contributed by atoms with van der Waals surface area (Å²) >= 11 is 19.3. The summed E-state index contributed by atoms with van der Waals surface area (Å²) in [6.45, 7) is 0. The Balaban J connectivity index is 0.0000000953. The molecule has 2 aliphatic carbocycles. The van der Waals surface area contributed by atoms with Gasteiger partial charge >= 0.3 is 0 Å². The molecule has 700 valence electrons. The Morgan fingerprint density at radius 3 is 0.953 bits per heavy atom. The van der Waals surface area contributed by atoms with Crippen molar-refractivity contribution in [1.82, 2.24) is 43.6 Å². The van der Waals surface area contributed by atoms with Crippen molar-refractivity contribution in [3.05, 3.63) is 498 Å². The van der Waals surface area contributed by atoms with Crippen LogP contribution in [0, 0.1) is 0 Å². The summed E-state index contributed by atoms with van der Waals surface area (Å²) in [5.41, 5.74) is 29.2. The van der Waals surface area contributed by atoms with E-state index in [2.05, 4.69) is 327 Å². The largest absolute Gasteiger partial charge is 0.455 e. The molecule has 0 aliphatic heterocycles. The van der Waals surface area contributed by atoms with E-state index in [0.29, 0.717) is 22.6 Å². The van der Waals surface area contributed by atoms with Gasteiger partial charge in [0.2, 0.25) is 0 Å². The average molecular weight is 1970 g/mol. The first-order valence-electron chi connectivity index (χ1n) is 49.8. The Hall–Kier alpha value is -18.7. The number of nitrogens with zero attached hydrogens (tertiary/aromatic N) is 9. The molecule has 33 rings (SSSR count). The predicted octanol–water partition coefficient (Wildman–Crippen LogP) is 36.8. The predicted molar refractivity (Wildman–Crippen MR) is 617 cm³/mol. The van der Waals surface area contributed by atoms with Gasteiger partial charge in [-0.2, -0.15) is 0 Å². The molecule has 149 heavy (non-hydrogen) atoms. The summed E-state index contributed by atoms with van der Waals surface area (Å²) in [6.07, 6.45) is 2.14. The second-order valence-corrected chi connectivity index (χ2v) is 39.2. The molecule has 0 unspecified atom stereocenters. The third-order valence-electron chi connectivity index (χ3n) is 29.6. The Morgan fingerprint density at radius 2 is 0.497 bits per heavy atom. The van der Waals surface area contributed by atoms with Gasteiger partial charge < -0.3 is 17.8 Å². The zero-order chi connectivity index (χ0) is 98.6. The van der Waals surface area contributed by atoms with E-state index in [1.54, 1.807) is 0 Å². The van der Waals surface area contributed by atoms with E-state index in [1.807, 2.05) is 158 Å². The molecule has 0 amide bonds. The maximum Gasteiger partial charge on any atom is 0.165 e. The molecule has 0 fully saturated rings. The second-order valence-electron chi connectivity index (χ2n) is 38.0. The van der Waals surface area contributed by atoms with Crippen LogP contribution in [0.4, 0.5) is 0 Å². The van der Waals surface area contributed by atoms with E-state index in [4.69, 9.17) is 68.0 Å². The number of hydrogen-bond acceptors (Lipinski definition) is 9. The summed E-state index contributed by atoms with van der Waals surface area (Å²) in [7, 11) is 0. The van der Waals surface area contributed by atoms with Gasteiger partial charge in [-0.1, -0.05) is 350 Å². The van der Waals surface area contributed by atoms with Crippen LogP contribution in [0.2, 0.25) is 15.2 Å². The number of rotatable bonds is 6. The van der Waals surface area contributed by atoms with Gasteiger partial charge in [-0.05, 0) is 219 Å². The number of aromatic nitrogens is 9. The molecular weight excluding hydrogens is 1890 g/mol. The molecule has 9 aromatic heterocycles. The maximum atomic E-state index is 6.64. The van der Waals surface area contributed by atoms with Crippen LogP contribution in [0.15, 0.2) is 474 Å². The Morgan fingerprint density at radius 1 is 0.188 bits per heavy atom. The van der Waals surface area contributed by atoms with E-state index < -0.39 is 0 Å².